The molecule has 6 heteroatoms. The molecule has 0 N–H and O–H groups in total. The maximum absolute atomic E-state index is 12.7. The zero-order valence-corrected chi connectivity index (χ0v) is 42.6. The fraction of sp³-hybridized carbons (Fsp3) is 0.810. The van der Waals surface area contributed by atoms with Gasteiger partial charge >= 0.3 is 17.9 Å². The summed E-state index contributed by atoms with van der Waals surface area (Å²) in [5.41, 5.74) is 0. The molecule has 64 heavy (non-hydrogen) atoms. The minimum Gasteiger partial charge on any atom is -0.462 e. The van der Waals surface area contributed by atoms with E-state index in [0.717, 1.165) is 70.6 Å². The van der Waals surface area contributed by atoms with Gasteiger partial charge in [-0.3, -0.25) is 14.4 Å². The minimum atomic E-state index is -0.804. The molecule has 0 saturated heterocycles. The lowest BCUT2D eigenvalue weighted by molar-refractivity contribution is -0.166. The van der Waals surface area contributed by atoms with Gasteiger partial charge in [0.15, 0.2) is 6.10 Å². The van der Waals surface area contributed by atoms with Gasteiger partial charge < -0.3 is 14.2 Å². The Kier molecular flexibility index (Phi) is 50.8. The van der Waals surface area contributed by atoms with Crippen molar-refractivity contribution in [2.24, 2.45) is 0 Å². The van der Waals surface area contributed by atoms with Crippen LogP contribution in [-0.2, 0) is 28.6 Å². The van der Waals surface area contributed by atoms with Crippen molar-refractivity contribution in [2.75, 3.05) is 13.2 Å². The third-order valence-corrected chi connectivity index (χ3v) is 12.1. The van der Waals surface area contributed by atoms with Crippen LogP contribution in [-0.4, -0.2) is 37.2 Å². The standard InChI is InChI=1S/C58H104O6/c1-4-7-10-13-15-17-19-21-22-23-24-25-26-27-28-29-30-31-32-33-34-35-37-38-40-42-45-48-51-57(60)63-54-55(53-62-56(59)50-47-44-12-9-6-3)64-58(61)52-49-46-43-41-39-36-20-18-16-14-11-8-5-2/h8,11,16,18,36,39,43,46,55H,4-7,9-10,12-15,17,19-35,37-38,40-42,44-45,47-54H2,1-3H3/b11-8-,18-16-,39-36-,46-43-. The van der Waals surface area contributed by atoms with E-state index in [1.165, 1.54) is 167 Å². The highest BCUT2D eigenvalue weighted by molar-refractivity contribution is 5.71. The highest BCUT2D eigenvalue weighted by atomic mass is 16.6. The molecule has 0 fully saturated rings. The summed E-state index contributed by atoms with van der Waals surface area (Å²) < 4.78 is 16.6. The van der Waals surface area contributed by atoms with Crippen LogP contribution in [0.5, 0.6) is 0 Å². The van der Waals surface area contributed by atoms with Gasteiger partial charge in [0.2, 0.25) is 0 Å². The van der Waals surface area contributed by atoms with Crippen molar-refractivity contribution in [1.29, 1.82) is 0 Å². The molecule has 0 aliphatic heterocycles. The van der Waals surface area contributed by atoms with Gasteiger partial charge in [-0.1, -0.05) is 268 Å². The van der Waals surface area contributed by atoms with Gasteiger partial charge in [0.05, 0.1) is 0 Å². The summed E-state index contributed by atoms with van der Waals surface area (Å²) >= 11 is 0. The number of rotatable bonds is 50. The van der Waals surface area contributed by atoms with Crippen LogP contribution < -0.4 is 0 Å². The number of hydrogen-bond donors (Lipinski definition) is 0. The highest BCUT2D eigenvalue weighted by Gasteiger charge is 2.19. The summed E-state index contributed by atoms with van der Waals surface area (Å²) in [6.07, 6.45) is 64.8. The normalized spacial score (nSPS) is 12.4. The Bertz CT molecular complexity index is 1120. The summed E-state index contributed by atoms with van der Waals surface area (Å²) in [7, 11) is 0. The molecular weight excluding hydrogens is 793 g/mol. The van der Waals surface area contributed by atoms with Crippen molar-refractivity contribution in [1.82, 2.24) is 0 Å². The highest BCUT2D eigenvalue weighted by Crippen LogP contribution is 2.17. The Labute approximate surface area is 397 Å². The van der Waals surface area contributed by atoms with Crippen molar-refractivity contribution in [3.05, 3.63) is 48.6 Å². The zero-order chi connectivity index (χ0) is 46.5. The van der Waals surface area contributed by atoms with E-state index < -0.39 is 6.10 Å². The maximum atomic E-state index is 12.7. The Hall–Kier alpha value is -2.63. The van der Waals surface area contributed by atoms with E-state index in [4.69, 9.17) is 14.2 Å². The topological polar surface area (TPSA) is 78.9 Å². The average Bonchev–Trinajstić information content (AvgIpc) is 3.29. The summed E-state index contributed by atoms with van der Waals surface area (Å²) in [5.74, 6) is -0.989. The van der Waals surface area contributed by atoms with Gasteiger partial charge in [-0.25, -0.2) is 0 Å². The van der Waals surface area contributed by atoms with Crippen LogP contribution in [0, 0.1) is 0 Å². The SMILES string of the molecule is CC/C=C\C/C=C\C/C=C\C/C=C\CCC(=O)OC(COC(=O)CCCCCCC)COC(=O)CCCCCCCCCCCCCCCCCCCCCCCCCCCCCC. The fourth-order valence-electron chi connectivity index (χ4n) is 7.99. The van der Waals surface area contributed by atoms with Crippen molar-refractivity contribution < 1.29 is 28.6 Å². The van der Waals surface area contributed by atoms with Crippen molar-refractivity contribution >= 4 is 17.9 Å². The largest absolute Gasteiger partial charge is 0.462 e. The van der Waals surface area contributed by atoms with Crippen LogP contribution in [0.15, 0.2) is 48.6 Å². The summed E-state index contributed by atoms with van der Waals surface area (Å²) in [4.78, 5) is 37.6. The lowest BCUT2D eigenvalue weighted by Gasteiger charge is -2.18. The van der Waals surface area contributed by atoms with E-state index >= 15 is 0 Å². The van der Waals surface area contributed by atoms with Crippen LogP contribution in [0.2, 0.25) is 0 Å². The summed E-state index contributed by atoms with van der Waals surface area (Å²) in [6, 6.07) is 0. The molecule has 0 spiro atoms. The molecule has 6 nitrogen and oxygen atoms in total. The van der Waals surface area contributed by atoms with E-state index in [-0.39, 0.29) is 37.5 Å². The van der Waals surface area contributed by atoms with Gasteiger partial charge in [-0.05, 0) is 44.9 Å². The number of carbonyl (C=O) groups is 3. The van der Waals surface area contributed by atoms with Crippen molar-refractivity contribution in [3.63, 3.8) is 0 Å². The van der Waals surface area contributed by atoms with Crippen LogP contribution in [0.25, 0.3) is 0 Å². The van der Waals surface area contributed by atoms with E-state index in [1.54, 1.807) is 0 Å². The Morgan fingerprint density at radius 3 is 0.922 bits per heavy atom. The average molecular weight is 897 g/mol. The van der Waals surface area contributed by atoms with Gasteiger partial charge in [-0.2, -0.15) is 0 Å². The maximum Gasteiger partial charge on any atom is 0.306 e. The van der Waals surface area contributed by atoms with Crippen LogP contribution in [0.4, 0.5) is 0 Å². The number of esters is 3. The first kappa shape index (κ1) is 61.4. The molecule has 0 aromatic carbocycles. The molecule has 0 saturated carbocycles. The van der Waals surface area contributed by atoms with Crippen LogP contribution >= 0.6 is 0 Å². The molecule has 0 aromatic rings. The second kappa shape index (κ2) is 53.0. The Morgan fingerprint density at radius 1 is 0.328 bits per heavy atom. The number of carbonyl (C=O) groups excluding carboxylic acids is 3. The van der Waals surface area contributed by atoms with Gasteiger partial charge in [0.1, 0.15) is 13.2 Å². The van der Waals surface area contributed by atoms with Crippen LogP contribution in [0.3, 0.4) is 0 Å². The van der Waals surface area contributed by atoms with E-state index in [9.17, 15) is 14.4 Å². The molecule has 1 unspecified atom stereocenters. The molecule has 0 rings (SSSR count). The number of unbranched alkanes of at least 4 members (excludes halogenated alkanes) is 31. The van der Waals surface area contributed by atoms with E-state index in [2.05, 4.69) is 57.2 Å². The smallest absolute Gasteiger partial charge is 0.306 e. The third kappa shape index (κ3) is 50.4. The zero-order valence-electron chi connectivity index (χ0n) is 42.6. The lowest BCUT2D eigenvalue weighted by atomic mass is 10.0. The van der Waals surface area contributed by atoms with Gasteiger partial charge in [0, 0.05) is 19.3 Å². The molecular formula is C58H104O6. The minimum absolute atomic E-state index is 0.0993. The molecule has 0 radical (unpaired) electrons. The molecule has 0 heterocycles. The van der Waals surface area contributed by atoms with Gasteiger partial charge in [0.25, 0.3) is 0 Å². The lowest BCUT2D eigenvalue weighted by Crippen LogP contribution is -2.30. The number of hydrogen-bond acceptors (Lipinski definition) is 6. The molecule has 0 aromatic heterocycles. The van der Waals surface area contributed by atoms with Crippen molar-refractivity contribution in [2.45, 2.75) is 290 Å². The molecule has 0 amide bonds. The molecule has 0 aliphatic rings. The number of ether oxygens (including phenoxy) is 3. The monoisotopic (exact) mass is 897 g/mol. The first-order chi connectivity index (χ1) is 31.5. The first-order valence-corrected chi connectivity index (χ1v) is 27.6. The predicted octanol–water partition coefficient (Wildman–Crippen LogP) is 18.3. The first-order valence-electron chi connectivity index (χ1n) is 27.6. The Balaban J connectivity index is 3.99. The predicted molar refractivity (Wildman–Crippen MR) is 275 cm³/mol. The fourth-order valence-corrected chi connectivity index (χ4v) is 7.99. The molecule has 372 valence electrons. The quantitative estimate of drug-likeness (QED) is 0.0262. The molecule has 0 bridgehead atoms. The molecule has 1 atom stereocenters. The number of allylic oxidation sites excluding steroid dienone is 8. The summed E-state index contributed by atoms with van der Waals surface area (Å²) in [5, 5.41) is 0. The van der Waals surface area contributed by atoms with E-state index in [0.29, 0.717) is 19.3 Å². The summed E-state index contributed by atoms with van der Waals surface area (Å²) in [6.45, 7) is 6.40. The third-order valence-electron chi connectivity index (χ3n) is 12.1. The van der Waals surface area contributed by atoms with Gasteiger partial charge in [-0.15, -0.1) is 0 Å². The second-order valence-electron chi connectivity index (χ2n) is 18.5. The van der Waals surface area contributed by atoms with E-state index in [1.807, 2.05) is 12.2 Å². The Morgan fingerprint density at radius 2 is 0.609 bits per heavy atom. The van der Waals surface area contributed by atoms with Crippen LogP contribution in [0.1, 0.15) is 284 Å². The second-order valence-corrected chi connectivity index (χ2v) is 18.5. The van der Waals surface area contributed by atoms with Crippen molar-refractivity contribution in [3.8, 4) is 0 Å². The molecule has 0 aliphatic carbocycles.